The van der Waals surface area contributed by atoms with Gasteiger partial charge in [-0.25, -0.2) is 0 Å². The monoisotopic (exact) mass is 210 g/mol. The van der Waals surface area contributed by atoms with Gasteiger partial charge in [-0.15, -0.1) is 0 Å². The standard InChI is InChI=1S/C15H30/c1-7-12(4)14-8-9-15(6,11(2)3)10-13(14)5/h11-14H,7-10H2,1-6H3. The molecule has 1 aliphatic rings. The number of hydrogen-bond acceptors (Lipinski definition) is 0. The van der Waals surface area contributed by atoms with Crippen molar-refractivity contribution in [3.63, 3.8) is 0 Å². The summed E-state index contributed by atoms with van der Waals surface area (Å²) in [5, 5.41) is 0. The average molecular weight is 210 g/mol. The normalized spacial score (nSPS) is 39.4. The van der Waals surface area contributed by atoms with Crippen LogP contribution in [-0.4, -0.2) is 0 Å². The lowest BCUT2D eigenvalue weighted by Crippen LogP contribution is -2.36. The molecule has 0 heterocycles. The van der Waals surface area contributed by atoms with E-state index in [9.17, 15) is 0 Å². The van der Waals surface area contributed by atoms with Crippen LogP contribution in [-0.2, 0) is 0 Å². The molecule has 0 nitrogen and oxygen atoms in total. The SMILES string of the molecule is CCC(C)C1CCC(C)(C(C)C)CC1C. The van der Waals surface area contributed by atoms with E-state index in [4.69, 9.17) is 0 Å². The maximum Gasteiger partial charge on any atom is -0.0300 e. The molecule has 0 amide bonds. The van der Waals surface area contributed by atoms with Crippen LogP contribution in [0.1, 0.15) is 67.2 Å². The van der Waals surface area contributed by atoms with E-state index < -0.39 is 0 Å². The Morgan fingerprint density at radius 3 is 2.27 bits per heavy atom. The molecule has 0 aromatic heterocycles. The summed E-state index contributed by atoms with van der Waals surface area (Å²) in [6, 6.07) is 0. The first-order valence-electron chi connectivity index (χ1n) is 6.90. The van der Waals surface area contributed by atoms with Crippen LogP contribution < -0.4 is 0 Å². The molecule has 0 aliphatic heterocycles. The molecule has 0 spiro atoms. The lowest BCUT2D eigenvalue weighted by molar-refractivity contribution is 0.0456. The van der Waals surface area contributed by atoms with E-state index in [0.29, 0.717) is 5.41 Å². The zero-order valence-electron chi connectivity index (χ0n) is 11.6. The second-order valence-corrected chi connectivity index (χ2v) is 6.58. The molecule has 0 radical (unpaired) electrons. The molecular weight excluding hydrogens is 180 g/mol. The van der Waals surface area contributed by atoms with Crippen LogP contribution in [0, 0.1) is 29.1 Å². The van der Waals surface area contributed by atoms with Crippen molar-refractivity contribution in [2.24, 2.45) is 29.1 Å². The fraction of sp³-hybridized carbons (Fsp3) is 1.00. The van der Waals surface area contributed by atoms with Gasteiger partial charge in [0.25, 0.3) is 0 Å². The van der Waals surface area contributed by atoms with E-state index in [-0.39, 0.29) is 0 Å². The van der Waals surface area contributed by atoms with Crippen molar-refractivity contribution in [3.8, 4) is 0 Å². The molecule has 1 fully saturated rings. The van der Waals surface area contributed by atoms with Gasteiger partial charge in [-0.3, -0.25) is 0 Å². The maximum atomic E-state index is 2.50. The molecule has 0 saturated heterocycles. The predicted molar refractivity (Wildman–Crippen MR) is 68.9 cm³/mol. The van der Waals surface area contributed by atoms with Gasteiger partial charge >= 0.3 is 0 Å². The molecule has 4 atom stereocenters. The first-order chi connectivity index (χ1) is 6.90. The number of rotatable bonds is 3. The fourth-order valence-corrected chi connectivity index (χ4v) is 3.44. The second kappa shape index (κ2) is 4.89. The van der Waals surface area contributed by atoms with Crippen LogP contribution in [0.25, 0.3) is 0 Å². The van der Waals surface area contributed by atoms with E-state index >= 15 is 0 Å². The topological polar surface area (TPSA) is 0 Å². The lowest BCUT2D eigenvalue weighted by Gasteiger charge is -2.46. The first-order valence-corrected chi connectivity index (χ1v) is 6.90. The quantitative estimate of drug-likeness (QED) is 0.605. The fourth-order valence-electron chi connectivity index (χ4n) is 3.44. The molecule has 0 bridgehead atoms. The van der Waals surface area contributed by atoms with Gasteiger partial charge in [0.2, 0.25) is 0 Å². The van der Waals surface area contributed by atoms with Gasteiger partial charge < -0.3 is 0 Å². The zero-order valence-corrected chi connectivity index (χ0v) is 11.6. The molecule has 15 heavy (non-hydrogen) atoms. The first kappa shape index (κ1) is 13.1. The van der Waals surface area contributed by atoms with Crippen molar-refractivity contribution < 1.29 is 0 Å². The predicted octanol–water partition coefficient (Wildman–Crippen LogP) is 5.13. The summed E-state index contributed by atoms with van der Waals surface area (Å²) in [5.74, 6) is 3.69. The van der Waals surface area contributed by atoms with Crippen molar-refractivity contribution in [2.45, 2.75) is 67.2 Å². The van der Waals surface area contributed by atoms with E-state index in [1.165, 1.54) is 25.7 Å². The van der Waals surface area contributed by atoms with Crippen molar-refractivity contribution in [1.82, 2.24) is 0 Å². The summed E-state index contributed by atoms with van der Waals surface area (Å²) in [6.07, 6.45) is 5.71. The molecule has 0 heteroatoms. The van der Waals surface area contributed by atoms with Crippen LogP contribution in [0.3, 0.4) is 0 Å². The van der Waals surface area contributed by atoms with Crippen molar-refractivity contribution in [2.75, 3.05) is 0 Å². The van der Waals surface area contributed by atoms with Crippen molar-refractivity contribution in [3.05, 3.63) is 0 Å². The third-order valence-corrected chi connectivity index (χ3v) is 5.34. The summed E-state index contributed by atoms with van der Waals surface area (Å²) in [6.45, 7) is 14.6. The molecule has 0 aromatic rings. The van der Waals surface area contributed by atoms with Gasteiger partial charge in [0, 0.05) is 0 Å². The molecule has 4 unspecified atom stereocenters. The Morgan fingerprint density at radius 2 is 1.87 bits per heavy atom. The molecule has 1 rings (SSSR count). The maximum absolute atomic E-state index is 2.50. The Bertz CT molecular complexity index is 194. The van der Waals surface area contributed by atoms with Crippen LogP contribution >= 0.6 is 0 Å². The van der Waals surface area contributed by atoms with Crippen LogP contribution in [0.5, 0.6) is 0 Å². The molecule has 0 aromatic carbocycles. The summed E-state index contributed by atoms with van der Waals surface area (Å²) >= 11 is 0. The minimum Gasteiger partial charge on any atom is -0.0651 e. The zero-order chi connectivity index (χ0) is 11.6. The summed E-state index contributed by atoms with van der Waals surface area (Å²) in [4.78, 5) is 0. The highest BCUT2D eigenvalue weighted by Crippen LogP contribution is 2.48. The molecule has 1 aliphatic carbocycles. The highest BCUT2D eigenvalue weighted by atomic mass is 14.4. The Kier molecular flexibility index (Phi) is 4.26. The Labute approximate surface area is 96.8 Å². The molecule has 0 N–H and O–H groups in total. The average Bonchev–Trinajstić information content (AvgIpc) is 2.16. The van der Waals surface area contributed by atoms with Gasteiger partial charge in [0.15, 0.2) is 0 Å². The molecular formula is C15H30. The van der Waals surface area contributed by atoms with Crippen LogP contribution in [0.4, 0.5) is 0 Å². The third kappa shape index (κ3) is 2.77. The van der Waals surface area contributed by atoms with Crippen molar-refractivity contribution >= 4 is 0 Å². The molecule has 90 valence electrons. The van der Waals surface area contributed by atoms with E-state index in [2.05, 4.69) is 41.5 Å². The Hall–Kier alpha value is 0. The summed E-state index contributed by atoms with van der Waals surface area (Å²) in [5.41, 5.74) is 0.614. The largest absolute Gasteiger partial charge is 0.0651 e. The van der Waals surface area contributed by atoms with Crippen molar-refractivity contribution in [1.29, 1.82) is 0 Å². The van der Waals surface area contributed by atoms with Crippen LogP contribution in [0.15, 0.2) is 0 Å². The summed E-state index contributed by atoms with van der Waals surface area (Å²) in [7, 11) is 0. The number of hydrogen-bond donors (Lipinski definition) is 0. The third-order valence-electron chi connectivity index (χ3n) is 5.34. The summed E-state index contributed by atoms with van der Waals surface area (Å²) < 4.78 is 0. The van der Waals surface area contributed by atoms with Gasteiger partial charge in [0.1, 0.15) is 0 Å². The minimum atomic E-state index is 0.614. The van der Waals surface area contributed by atoms with E-state index in [1.807, 2.05) is 0 Å². The van der Waals surface area contributed by atoms with Gasteiger partial charge in [-0.05, 0) is 48.3 Å². The van der Waals surface area contributed by atoms with E-state index in [1.54, 1.807) is 0 Å². The highest BCUT2D eigenvalue weighted by Gasteiger charge is 2.38. The molecule has 1 saturated carbocycles. The minimum absolute atomic E-state index is 0.614. The van der Waals surface area contributed by atoms with Gasteiger partial charge in [-0.2, -0.15) is 0 Å². The second-order valence-electron chi connectivity index (χ2n) is 6.58. The Balaban J connectivity index is 2.62. The highest BCUT2D eigenvalue weighted by molar-refractivity contribution is 4.89. The van der Waals surface area contributed by atoms with Gasteiger partial charge in [0.05, 0.1) is 0 Å². The van der Waals surface area contributed by atoms with Crippen LogP contribution in [0.2, 0.25) is 0 Å². The Morgan fingerprint density at radius 1 is 1.27 bits per heavy atom. The van der Waals surface area contributed by atoms with Gasteiger partial charge in [-0.1, -0.05) is 48.0 Å². The van der Waals surface area contributed by atoms with E-state index in [0.717, 1.165) is 23.7 Å². The lowest BCUT2D eigenvalue weighted by atomic mass is 9.60. The smallest absolute Gasteiger partial charge is 0.0300 e.